The van der Waals surface area contributed by atoms with Gasteiger partial charge in [0.05, 0.1) is 9.79 Å². The molecule has 4 rings (SSSR count). The van der Waals surface area contributed by atoms with Crippen molar-refractivity contribution in [2.75, 3.05) is 6.26 Å². The first kappa shape index (κ1) is 18.2. The molecule has 0 bridgehead atoms. The summed E-state index contributed by atoms with van der Waals surface area (Å²) in [5, 5.41) is 0. The number of fused-ring (bicyclic) bond motifs is 2. The van der Waals surface area contributed by atoms with E-state index < -0.39 is 36.4 Å². The number of rotatable bonds is 2. The topological polar surface area (TPSA) is 68.3 Å². The van der Waals surface area contributed by atoms with Crippen molar-refractivity contribution in [1.29, 1.82) is 0 Å². The summed E-state index contributed by atoms with van der Waals surface area (Å²) in [7, 11) is -8.68. The van der Waals surface area contributed by atoms with Gasteiger partial charge in [-0.25, -0.2) is 21.2 Å². The monoisotopic (exact) mass is 422 g/mol. The number of benzene rings is 3. The van der Waals surface area contributed by atoms with Gasteiger partial charge < -0.3 is 0 Å². The molecule has 0 fully saturated rings. The van der Waals surface area contributed by atoms with Crippen LogP contribution in [0.2, 0.25) is 0 Å². The van der Waals surface area contributed by atoms with Crippen LogP contribution in [0.5, 0.6) is 0 Å². The van der Waals surface area contributed by atoms with E-state index in [1.54, 1.807) is 54.6 Å². The van der Waals surface area contributed by atoms with Crippen LogP contribution in [0, 0.1) is 5.82 Å². The standard InChI is InChI=1S/C19H15FO4S3/c1-26(21,22)17-11-10-13(12-14(17)20)25-15-6-2-4-8-18(15)27(23,24)19-9-5-3-7-16(19)25/h2-12,25H,1H3. The maximum atomic E-state index is 14.5. The molecule has 0 aromatic heterocycles. The van der Waals surface area contributed by atoms with Gasteiger partial charge in [-0.3, -0.25) is 0 Å². The van der Waals surface area contributed by atoms with Gasteiger partial charge in [-0.15, -0.1) is 0 Å². The van der Waals surface area contributed by atoms with E-state index in [0.717, 1.165) is 6.26 Å². The van der Waals surface area contributed by atoms with Crippen LogP contribution in [0.25, 0.3) is 0 Å². The van der Waals surface area contributed by atoms with E-state index in [2.05, 4.69) is 0 Å². The Hall–Kier alpha value is -2.16. The van der Waals surface area contributed by atoms with Crippen molar-refractivity contribution in [3.05, 3.63) is 72.5 Å². The molecule has 3 aromatic carbocycles. The molecule has 1 aliphatic heterocycles. The quantitative estimate of drug-likeness (QED) is 0.498. The molecule has 1 aliphatic rings. The molecule has 0 aliphatic carbocycles. The zero-order valence-corrected chi connectivity index (χ0v) is 16.7. The lowest BCUT2D eigenvalue weighted by Crippen LogP contribution is -2.12. The highest BCUT2D eigenvalue weighted by Crippen LogP contribution is 2.59. The summed E-state index contributed by atoms with van der Waals surface area (Å²) in [6.07, 6.45) is 0.953. The molecule has 27 heavy (non-hydrogen) atoms. The molecular weight excluding hydrogens is 407 g/mol. The maximum absolute atomic E-state index is 14.5. The molecule has 4 nitrogen and oxygen atoms in total. The van der Waals surface area contributed by atoms with Crippen LogP contribution in [0.4, 0.5) is 4.39 Å². The minimum atomic E-state index is -3.68. The van der Waals surface area contributed by atoms with E-state index in [9.17, 15) is 21.2 Å². The van der Waals surface area contributed by atoms with Gasteiger partial charge >= 0.3 is 0 Å². The summed E-state index contributed by atoms with van der Waals surface area (Å²) in [6.45, 7) is 0. The molecule has 140 valence electrons. The fourth-order valence-corrected chi connectivity index (χ4v) is 8.97. The summed E-state index contributed by atoms with van der Waals surface area (Å²) in [4.78, 5) is 1.83. The number of thiol groups is 1. The van der Waals surface area contributed by atoms with Gasteiger partial charge in [0.15, 0.2) is 9.84 Å². The Morgan fingerprint density at radius 2 is 1.37 bits per heavy atom. The van der Waals surface area contributed by atoms with Gasteiger partial charge in [-0.05, 0) is 47.4 Å². The van der Waals surface area contributed by atoms with Gasteiger partial charge in [0, 0.05) is 16.0 Å². The van der Waals surface area contributed by atoms with Crippen molar-refractivity contribution < 1.29 is 21.2 Å². The van der Waals surface area contributed by atoms with E-state index in [-0.39, 0.29) is 14.7 Å². The number of hydrogen-bond donors (Lipinski definition) is 1. The van der Waals surface area contributed by atoms with Crippen LogP contribution in [0.3, 0.4) is 0 Å². The minimum absolute atomic E-state index is 0.211. The highest BCUT2D eigenvalue weighted by atomic mass is 32.2. The SMILES string of the molecule is CS(=O)(=O)c1ccc([SH]2c3ccccc3S(=O)(=O)c3ccccc32)cc1F. The smallest absolute Gasteiger partial charge is 0.208 e. The number of hydrogen-bond acceptors (Lipinski definition) is 4. The largest absolute Gasteiger partial charge is 0.224 e. The predicted octanol–water partition coefficient (Wildman–Crippen LogP) is 3.85. The van der Waals surface area contributed by atoms with Gasteiger partial charge in [0.1, 0.15) is 10.7 Å². The van der Waals surface area contributed by atoms with E-state index in [0.29, 0.717) is 14.7 Å². The van der Waals surface area contributed by atoms with Crippen molar-refractivity contribution >= 4 is 30.6 Å². The fourth-order valence-electron chi connectivity index (χ4n) is 3.19. The van der Waals surface area contributed by atoms with Crippen molar-refractivity contribution in [3.63, 3.8) is 0 Å². The molecule has 0 saturated carbocycles. The maximum Gasteiger partial charge on any atom is 0.208 e. The molecule has 0 atom stereocenters. The van der Waals surface area contributed by atoms with E-state index in [1.807, 2.05) is 0 Å². The molecule has 3 aromatic rings. The Bertz CT molecular complexity index is 1230. The molecule has 1 heterocycles. The Kier molecular flexibility index (Phi) is 4.17. The van der Waals surface area contributed by atoms with Crippen LogP contribution in [0.15, 0.2) is 96.1 Å². The molecule has 0 amide bonds. The number of halogens is 1. The molecule has 0 N–H and O–H groups in total. The highest BCUT2D eigenvalue weighted by Gasteiger charge is 2.34. The third-order valence-corrected chi connectivity index (χ3v) is 10.2. The second-order valence-electron chi connectivity index (χ2n) is 6.16. The van der Waals surface area contributed by atoms with Gasteiger partial charge in [0.25, 0.3) is 0 Å². The van der Waals surface area contributed by atoms with E-state index in [4.69, 9.17) is 0 Å². The summed E-state index contributed by atoms with van der Waals surface area (Å²) >= 11 is 0. The van der Waals surface area contributed by atoms with Crippen LogP contribution < -0.4 is 0 Å². The normalized spacial score (nSPS) is 16.4. The van der Waals surface area contributed by atoms with Crippen LogP contribution in [-0.2, 0) is 19.7 Å². The van der Waals surface area contributed by atoms with Crippen molar-refractivity contribution in [2.45, 2.75) is 29.4 Å². The summed E-state index contributed by atoms with van der Waals surface area (Å²) < 4.78 is 63.9. The molecule has 0 radical (unpaired) electrons. The molecular formula is C19H15FO4S3. The minimum Gasteiger partial charge on any atom is -0.224 e. The predicted molar refractivity (Wildman–Crippen MR) is 102 cm³/mol. The molecule has 0 spiro atoms. The Balaban J connectivity index is 2.02. The first-order valence-electron chi connectivity index (χ1n) is 7.94. The zero-order valence-electron chi connectivity index (χ0n) is 14.1. The van der Waals surface area contributed by atoms with Crippen molar-refractivity contribution in [1.82, 2.24) is 0 Å². The molecule has 0 unspecified atom stereocenters. The lowest BCUT2D eigenvalue weighted by Gasteiger charge is -2.31. The fraction of sp³-hybridized carbons (Fsp3) is 0.0526. The summed E-state index contributed by atoms with van der Waals surface area (Å²) in [5.41, 5.74) is 0. The van der Waals surface area contributed by atoms with Crippen LogP contribution in [-0.4, -0.2) is 23.1 Å². The Labute approximate surface area is 159 Å². The summed E-state index contributed by atoms with van der Waals surface area (Å²) in [5.74, 6) is -0.833. The zero-order chi connectivity index (χ0) is 19.4. The van der Waals surface area contributed by atoms with Gasteiger partial charge in [-0.1, -0.05) is 24.3 Å². The second kappa shape index (κ2) is 6.19. The van der Waals surface area contributed by atoms with Gasteiger partial charge in [-0.2, -0.15) is 10.9 Å². The van der Waals surface area contributed by atoms with E-state index in [1.165, 1.54) is 12.1 Å². The van der Waals surface area contributed by atoms with Crippen molar-refractivity contribution in [2.24, 2.45) is 0 Å². The first-order chi connectivity index (χ1) is 12.7. The molecule has 8 heteroatoms. The van der Waals surface area contributed by atoms with Crippen LogP contribution >= 0.6 is 10.9 Å². The average molecular weight is 423 g/mol. The lowest BCUT2D eigenvalue weighted by atomic mass is 10.3. The third kappa shape index (κ3) is 2.88. The van der Waals surface area contributed by atoms with Crippen molar-refractivity contribution in [3.8, 4) is 0 Å². The Morgan fingerprint density at radius 1 is 0.852 bits per heavy atom. The highest BCUT2D eigenvalue weighted by molar-refractivity contribution is 8.18. The first-order valence-corrected chi connectivity index (χ1v) is 12.7. The molecule has 0 saturated heterocycles. The average Bonchev–Trinajstić information content (AvgIpc) is 2.61. The number of sulfone groups is 2. The Morgan fingerprint density at radius 3 is 1.85 bits per heavy atom. The van der Waals surface area contributed by atoms with Crippen LogP contribution in [0.1, 0.15) is 0 Å². The summed E-state index contributed by atoms with van der Waals surface area (Å²) in [6, 6.07) is 17.4. The van der Waals surface area contributed by atoms with E-state index >= 15 is 0 Å². The third-order valence-electron chi connectivity index (χ3n) is 4.36. The van der Waals surface area contributed by atoms with Gasteiger partial charge in [0.2, 0.25) is 9.84 Å². The second-order valence-corrected chi connectivity index (χ2v) is 12.2. The lowest BCUT2D eigenvalue weighted by molar-refractivity contribution is 0.568.